The highest BCUT2D eigenvalue weighted by atomic mass is 32.2. The summed E-state index contributed by atoms with van der Waals surface area (Å²) in [5.41, 5.74) is 0. The van der Waals surface area contributed by atoms with E-state index in [1.165, 1.54) is 0 Å². The highest BCUT2D eigenvalue weighted by Crippen LogP contribution is 2.30. The third-order valence-electron chi connectivity index (χ3n) is 0.812. The van der Waals surface area contributed by atoms with Gasteiger partial charge in [-0.2, -0.15) is 0 Å². The first-order valence-electron chi connectivity index (χ1n) is 2.60. The van der Waals surface area contributed by atoms with Crippen LogP contribution in [-0.2, 0) is 14.6 Å². The molecule has 0 spiro atoms. The molecule has 8 heteroatoms. The Kier molecular flexibility index (Phi) is 3.37. The molecule has 0 fully saturated rings. The standard InChI is InChI=1S/C4H8NO5PS/c1-3-4(2)12(9,10)5-11(6,7)8/h3H,1-2H2,(H3,5,6,7,8). The van der Waals surface area contributed by atoms with Crippen molar-refractivity contribution < 1.29 is 22.8 Å². The molecule has 0 bridgehead atoms. The molecule has 0 rings (SSSR count). The first-order valence-corrected chi connectivity index (χ1v) is 5.69. The highest BCUT2D eigenvalue weighted by Gasteiger charge is 2.24. The minimum Gasteiger partial charge on any atom is -0.312 e. The second-order valence-corrected chi connectivity index (χ2v) is 5.16. The summed E-state index contributed by atoms with van der Waals surface area (Å²) in [6.45, 7) is 6.10. The fourth-order valence-corrected chi connectivity index (χ4v) is 2.27. The molecule has 0 aromatic rings. The molecule has 70 valence electrons. The van der Waals surface area contributed by atoms with Crippen LogP contribution in [-0.4, -0.2) is 18.2 Å². The van der Waals surface area contributed by atoms with Crippen LogP contribution in [0.5, 0.6) is 0 Å². The number of sulfonamides is 1. The molecule has 3 N–H and O–H groups in total. The maximum atomic E-state index is 10.8. The minimum absolute atomic E-state index is 0.495. The molecule has 0 aliphatic rings. The predicted molar refractivity (Wildman–Crippen MR) is 43.4 cm³/mol. The van der Waals surface area contributed by atoms with Crippen molar-refractivity contribution in [1.82, 2.24) is 4.49 Å². The normalized spacial score (nSPS) is 12.5. The molecule has 12 heavy (non-hydrogen) atoms. The van der Waals surface area contributed by atoms with Crippen LogP contribution in [0.2, 0.25) is 0 Å². The summed E-state index contributed by atoms with van der Waals surface area (Å²) in [6, 6.07) is 0. The van der Waals surface area contributed by atoms with E-state index in [1.807, 2.05) is 0 Å². The van der Waals surface area contributed by atoms with Crippen LogP contribution in [0.25, 0.3) is 0 Å². The van der Waals surface area contributed by atoms with Crippen molar-refractivity contribution in [3.05, 3.63) is 24.1 Å². The van der Waals surface area contributed by atoms with E-state index in [0.29, 0.717) is 0 Å². The molecule has 0 aliphatic heterocycles. The quantitative estimate of drug-likeness (QED) is 0.439. The van der Waals surface area contributed by atoms with Gasteiger partial charge in [0.05, 0.1) is 4.91 Å². The molecule has 0 atom stereocenters. The largest absolute Gasteiger partial charge is 0.414 e. The average molecular weight is 213 g/mol. The first kappa shape index (κ1) is 11.5. The second-order valence-electron chi connectivity index (χ2n) is 1.81. The predicted octanol–water partition coefficient (Wildman–Crippen LogP) is -0.302. The van der Waals surface area contributed by atoms with Crippen LogP contribution in [0, 0.1) is 0 Å². The number of allylic oxidation sites excluding steroid dienone is 1. The Morgan fingerprint density at radius 2 is 1.92 bits per heavy atom. The van der Waals surface area contributed by atoms with Crippen molar-refractivity contribution >= 4 is 17.8 Å². The maximum absolute atomic E-state index is 10.8. The zero-order chi connectivity index (χ0) is 9.99. The van der Waals surface area contributed by atoms with Crippen LogP contribution < -0.4 is 4.49 Å². The summed E-state index contributed by atoms with van der Waals surface area (Å²) in [7, 11) is -8.99. The van der Waals surface area contributed by atoms with E-state index in [0.717, 1.165) is 10.6 Å². The molecule has 0 saturated heterocycles. The van der Waals surface area contributed by atoms with E-state index < -0.39 is 22.7 Å². The van der Waals surface area contributed by atoms with Crippen LogP contribution in [0.3, 0.4) is 0 Å². The van der Waals surface area contributed by atoms with Crippen LogP contribution in [0.1, 0.15) is 0 Å². The molecule has 0 aromatic carbocycles. The smallest absolute Gasteiger partial charge is 0.312 e. The van der Waals surface area contributed by atoms with E-state index in [2.05, 4.69) is 13.2 Å². The Balaban J connectivity index is 4.81. The monoisotopic (exact) mass is 213 g/mol. The summed E-state index contributed by atoms with van der Waals surface area (Å²) in [4.78, 5) is 16.0. The van der Waals surface area contributed by atoms with Gasteiger partial charge in [-0.15, -0.1) is 4.49 Å². The molecule has 0 amide bonds. The molecule has 0 aromatic heterocycles. The minimum atomic E-state index is -4.80. The highest BCUT2D eigenvalue weighted by molar-refractivity contribution is 7.98. The van der Waals surface area contributed by atoms with Gasteiger partial charge >= 0.3 is 7.75 Å². The van der Waals surface area contributed by atoms with Gasteiger partial charge < -0.3 is 9.79 Å². The van der Waals surface area contributed by atoms with E-state index in [9.17, 15) is 13.0 Å². The van der Waals surface area contributed by atoms with Gasteiger partial charge in [-0.05, 0) is 6.08 Å². The number of nitrogens with one attached hydrogen (secondary N) is 1. The van der Waals surface area contributed by atoms with Crippen molar-refractivity contribution in [2.24, 2.45) is 0 Å². The molecule has 0 saturated carbocycles. The summed E-state index contributed by atoms with van der Waals surface area (Å²) in [5, 5.41) is 0. The summed E-state index contributed by atoms with van der Waals surface area (Å²) < 4.78 is 32.9. The van der Waals surface area contributed by atoms with E-state index in [4.69, 9.17) is 9.79 Å². The Morgan fingerprint density at radius 1 is 1.50 bits per heavy atom. The summed E-state index contributed by atoms with van der Waals surface area (Å²) in [5.74, 6) is 0. The van der Waals surface area contributed by atoms with Crippen LogP contribution in [0.15, 0.2) is 24.1 Å². The molecular weight excluding hydrogens is 205 g/mol. The van der Waals surface area contributed by atoms with Crippen molar-refractivity contribution in [3.63, 3.8) is 0 Å². The van der Waals surface area contributed by atoms with Gasteiger partial charge in [0, 0.05) is 0 Å². The lowest BCUT2D eigenvalue weighted by atomic mass is 10.6. The van der Waals surface area contributed by atoms with Crippen molar-refractivity contribution in [2.45, 2.75) is 0 Å². The lowest BCUT2D eigenvalue weighted by molar-refractivity contribution is 0.368. The lowest BCUT2D eigenvalue weighted by Gasteiger charge is -2.06. The molecule has 0 heterocycles. The van der Waals surface area contributed by atoms with Crippen LogP contribution in [0.4, 0.5) is 0 Å². The van der Waals surface area contributed by atoms with Gasteiger partial charge in [-0.3, -0.25) is 0 Å². The Hall–Kier alpha value is -0.460. The van der Waals surface area contributed by atoms with Crippen molar-refractivity contribution in [3.8, 4) is 0 Å². The SMILES string of the molecule is C=CC(=C)S(=O)(=O)NP(=O)(O)O. The van der Waals surface area contributed by atoms with Gasteiger partial charge in [0.1, 0.15) is 0 Å². The number of rotatable bonds is 4. The zero-order valence-corrected chi connectivity index (χ0v) is 7.68. The number of hydrogen-bond donors (Lipinski definition) is 3. The summed E-state index contributed by atoms with van der Waals surface area (Å²) >= 11 is 0. The Morgan fingerprint density at radius 3 is 2.17 bits per heavy atom. The molecular formula is C4H8NO5PS. The number of hydrogen-bond acceptors (Lipinski definition) is 3. The lowest BCUT2D eigenvalue weighted by Crippen LogP contribution is -2.20. The second kappa shape index (κ2) is 3.51. The first-order chi connectivity index (χ1) is 5.19. The third-order valence-corrected chi connectivity index (χ3v) is 3.58. The Labute approximate surface area is 69.9 Å². The maximum Gasteiger partial charge on any atom is 0.414 e. The molecule has 0 radical (unpaired) electrons. The van der Waals surface area contributed by atoms with Crippen molar-refractivity contribution in [2.75, 3.05) is 0 Å². The van der Waals surface area contributed by atoms with E-state index in [1.54, 1.807) is 0 Å². The zero-order valence-electron chi connectivity index (χ0n) is 5.97. The van der Waals surface area contributed by atoms with Crippen molar-refractivity contribution in [1.29, 1.82) is 0 Å². The van der Waals surface area contributed by atoms with Gasteiger partial charge in [0.15, 0.2) is 0 Å². The summed E-state index contributed by atoms with van der Waals surface area (Å²) in [6.07, 6.45) is 0.873. The van der Waals surface area contributed by atoms with Gasteiger partial charge in [-0.1, -0.05) is 13.2 Å². The van der Waals surface area contributed by atoms with E-state index in [-0.39, 0.29) is 0 Å². The molecule has 0 unspecified atom stereocenters. The van der Waals surface area contributed by atoms with Gasteiger partial charge in [-0.25, -0.2) is 13.0 Å². The van der Waals surface area contributed by atoms with Gasteiger partial charge in [0.25, 0.3) is 0 Å². The van der Waals surface area contributed by atoms with Crippen LogP contribution >= 0.6 is 7.75 Å². The average Bonchev–Trinajstić information content (AvgIpc) is 1.80. The van der Waals surface area contributed by atoms with Gasteiger partial charge in [0.2, 0.25) is 10.0 Å². The Bertz CT molecular complexity index is 338. The fourth-order valence-electron chi connectivity index (χ4n) is 0.325. The topological polar surface area (TPSA) is 104 Å². The molecule has 6 nitrogen and oxygen atoms in total. The third kappa shape index (κ3) is 3.80. The molecule has 0 aliphatic carbocycles. The van der Waals surface area contributed by atoms with E-state index >= 15 is 0 Å². The fraction of sp³-hybridized carbons (Fsp3) is 0.